The van der Waals surface area contributed by atoms with Crippen LogP contribution in [0.4, 0.5) is 11.4 Å². The average Bonchev–Trinajstić information content (AvgIpc) is 2.36. The minimum Gasteiger partial charge on any atom is -0.399 e. The molecule has 0 aromatic heterocycles. The summed E-state index contributed by atoms with van der Waals surface area (Å²) in [5.74, 6) is 0.281. The molecule has 0 aliphatic rings. The number of amides is 1. The molecule has 20 heavy (non-hydrogen) atoms. The lowest BCUT2D eigenvalue weighted by Crippen LogP contribution is -2.26. The first kappa shape index (κ1) is 16.3. The Morgan fingerprint density at radius 1 is 1.40 bits per heavy atom. The maximum absolute atomic E-state index is 11.9. The second kappa shape index (κ2) is 7.75. The SMILES string of the molecule is CCNC(=O)c1ccc(N)cc1NCC(O)CC(C)C. The fraction of sp³-hybridized carbons (Fsp3) is 0.533. The normalized spacial score (nSPS) is 12.2. The highest BCUT2D eigenvalue weighted by Gasteiger charge is 2.13. The zero-order valence-electron chi connectivity index (χ0n) is 12.4. The van der Waals surface area contributed by atoms with Gasteiger partial charge in [0, 0.05) is 24.5 Å². The third-order valence-electron chi connectivity index (χ3n) is 2.90. The van der Waals surface area contributed by atoms with Gasteiger partial charge in [-0.25, -0.2) is 0 Å². The number of hydrogen-bond acceptors (Lipinski definition) is 4. The Balaban J connectivity index is 2.77. The molecule has 0 spiro atoms. The Morgan fingerprint density at radius 2 is 2.10 bits per heavy atom. The summed E-state index contributed by atoms with van der Waals surface area (Å²) in [4.78, 5) is 11.9. The second-order valence-corrected chi connectivity index (χ2v) is 5.33. The predicted octanol–water partition coefficient (Wildman–Crippen LogP) is 1.84. The van der Waals surface area contributed by atoms with Crippen molar-refractivity contribution in [3.63, 3.8) is 0 Å². The molecule has 5 heteroatoms. The predicted molar refractivity (Wildman–Crippen MR) is 82.8 cm³/mol. The number of anilines is 2. The fourth-order valence-electron chi connectivity index (χ4n) is 2.02. The van der Waals surface area contributed by atoms with Crippen molar-refractivity contribution in [2.75, 3.05) is 24.1 Å². The van der Waals surface area contributed by atoms with E-state index in [1.807, 2.05) is 6.92 Å². The van der Waals surface area contributed by atoms with E-state index in [0.29, 0.717) is 42.4 Å². The molecule has 1 unspecified atom stereocenters. The Bertz CT molecular complexity index is 447. The Hall–Kier alpha value is -1.75. The van der Waals surface area contributed by atoms with E-state index >= 15 is 0 Å². The molecule has 0 saturated heterocycles. The molecule has 5 nitrogen and oxygen atoms in total. The van der Waals surface area contributed by atoms with Crippen LogP contribution in [0.25, 0.3) is 0 Å². The first-order valence-electron chi connectivity index (χ1n) is 7.03. The van der Waals surface area contributed by atoms with E-state index < -0.39 is 6.10 Å². The summed E-state index contributed by atoms with van der Waals surface area (Å²) in [6.45, 7) is 6.95. The molecule has 0 aliphatic carbocycles. The van der Waals surface area contributed by atoms with Crippen molar-refractivity contribution in [1.29, 1.82) is 0 Å². The van der Waals surface area contributed by atoms with Crippen LogP contribution in [0, 0.1) is 5.92 Å². The van der Waals surface area contributed by atoms with Crippen LogP contribution < -0.4 is 16.4 Å². The van der Waals surface area contributed by atoms with E-state index in [1.54, 1.807) is 18.2 Å². The van der Waals surface area contributed by atoms with Crippen LogP contribution in [0.1, 0.15) is 37.6 Å². The van der Waals surface area contributed by atoms with Crippen molar-refractivity contribution in [2.24, 2.45) is 5.92 Å². The van der Waals surface area contributed by atoms with E-state index in [0.717, 1.165) is 0 Å². The van der Waals surface area contributed by atoms with Crippen LogP contribution in [0.3, 0.4) is 0 Å². The third-order valence-corrected chi connectivity index (χ3v) is 2.90. The number of rotatable bonds is 7. The number of nitrogens with one attached hydrogen (secondary N) is 2. The highest BCUT2D eigenvalue weighted by molar-refractivity contribution is 6.00. The summed E-state index contributed by atoms with van der Waals surface area (Å²) < 4.78 is 0. The lowest BCUT2D eigenvalue weighted by atomic mass is 10.1. The summed E-state index contributed by atoms with van der Waals surface area (Å²) in [7, 11) is 0. The van der Waals surface area contributed by atoms with E-state index in [4.69, 9.17) is 5.73 Å². The number of aliphatic hydroxyl groups excluding tert-OH is 1. The number of aliphatic hydroxyl groups is 1. The van der Waals surface area contributed by atoms with Gasteiger partial charge in [-0.05, 0) is 37.5 Å². The van der Waals surface area contributed by atoms with Gasteiger partial charge < -0.3 is 21.5 Å². The van der Waals surface area contributed by atoms with Gasteiger partial charge >= 0.3 is 0 Å². The molecular formula is C15H25N3O2. The molecule has 1 amide bonds. The topological polar surface area (TPSA) is 87.4 Å². The standard InChI is InChI=1S/C15H25N3O2/c1-4-17-15(20)13-6-5-11(16)8-14(13)18-9-12(19)7-10(2)3/h5-6,8,10,12,18-19H,4,7,9,16H2,1-3H3,(H,17,20). The molecule has 0 radical (unpaired) electrons. The van der Waals surface area contributed by atoms with Gasteiger partial charge in [0.25, 0.3) is 5.91 Å². The zero-order valence-corrected chi connectivity index (χ0v) is 12.4. The molecular weight excluding hydrogens is 254 g/mol. The highest BCUT2D eigenvalue weighted by Crippen LogP contribution is 2.19. The summed E-state index contributed by atoms with van der Waals surface area (Å²) in [6.07, 6.45) is 0.268. The summed E-state index contributed by atoms with van der Waals surface area (Å²) in [6, 6.07) is 5.10. The monoisotopic (exact) mass is 279 g/mol. The van der Waals surface area contributed by atoms with Crippen LogP contribution in [-0.2, 0) is 0 Å². The maximum Gasteiger partial charge on any atom is 0.253 e. The van der Waals surface area contributed by atoms with Crippen LogP contribution in [0.2, 0.25) is 0 Å². The fourth-order valence-corrected chi connectivity index (χ4v) is 2.02. The summed E-state index contributed by atoms with van der Waals surface area (Å²) >= 11 is 0. The lowest BCUT2D eigenvalue weighted by Gasteiger charge is -2.17. The van der Waals surface area contributed by atoms with E-state index in [-0.39, 0.29) is 5.91 Å². The quantitative estimate of drug-likeness (QED) is 0.574. The first-order chi connectivity index (χ1) is 9.43. The van der Waals surface area contributed by atoms with E-state index in [9.17, 15) is 9.90 Å². The third kappa shape index (κ3) is 5.09. The molecule has 1 aromatic carbocycles. The van der Waals surface area contributed by atoms with Gasteiger partial charge in [0.2, 0.25) is 0 Å². The van der Waals surface area contributed by atoms with Gasteiger partial charge in [0.05, 0.1) is 11.7 Å². The Morgan fingerprint density at radius 3 is 2.70 bits per heavy atom. The van der Waals surface area contributed by atoms with E-state index in [2.05, 4.69) is 24.5 Å². The van der Waals surface area contributed by atoms with Crippen molar-refractivity contribution in [2.45, 2.75) is 33.3 Å². The summed E-state index contributed by atoms with van der Waals surface area (Å²) in [5.41, 5.74) is 7.53. The molecule has 0 aliphatic heterocycles. The number of nitrogen functional groups attached to an aromatic ring is 1. The van der Waals surface area contributed by atoms with E-state index in [1.165, 1.54) is 0 Å². The van der Waals surface area contributed by atoms with Crippen LogP contribution in [0.5, 0.6) is 0 Å². The van der Waals surface area contributed by atoms with Gasteiger partial charge in [0.1, 0.15) is 0 Å². The van der Waals surface area contributed by atoms with Crippen molar-refractivity contribution in [1.82, 2.24) is 5.32 Å². The zero-order chi connectivity index (χ0) is 15.1. The van der Waals surface area contributed by atoms with Crippen LogP contribution in [0.15, 0.2) is 18.2 Å². The molecule has 112 valence electrons. The Labute approximate surface area is 120 Å². The number of hydrogen-bond donors (Lipinski definition) is 4. The van der Waals surface area contributed by atoms with Gasteiger partial charge in [0.15, 0.2) is 0 Å². The molecule has 1 rings (SSSR count). The molecule has 1 aromatic rings. The highest BCUT2D eigenvalue weighted by atomic mass is 16.3. The number of carbonyl (C=O) groups excluding carboxylic acids is 1. The molecule has 1 atom stereocenters. The maximum atomic E-state index is 11.9. The summed E-state index contributed by atoms with van der Waals surface area (Å²) in [5, 5.41) is 15.8. The van der Waals surface area contributed by atoms with Gasteiger partial charge in [-0.2, -0.15) is 0 Å². The van der Waals surface area contributed by atoms with Crippen molar-refractivity contribution >= 4 is 17.3 Å². The molecule has 0 saturated carbocycles. The average molecular weight is 279 g/mol. The van der Waals surface area contributed by atoms with Gasteiger partial charge in [-0.1, -0.05) is 13.8 Å². The minimum absolute atomic E-state index is 0.145. The van der Waals surface area contributed by atoms with Gasteiger partial charge in [-0.3, -0.25) is 4.79 Å². The number of benzene rings is 1. The second-order valence-electron chi connectivity index (χ2n) is 5.33. The number of carbonyl (C=O) groups is 1. The van der Waals surface area contributed by atoms with Crippen molar-refractivity contribution in [3.05, 3.63) is 23.8 Å². The minimum atomic E-state index is -0.446. The largest absolute Gasteiger partial charge is 0.399 e. The van der Waals surface area contributed by atoms with Gasteiger partial charge in [-0.15, -0.1) is 0 Å². The molecule has 0 fully saturated rings. The Kier molecular flexibility index (Phi) is 6.31. The molecule has 5 N–H and O–H groups in total. The lowest BCUT2D eigenvalue weighted by molar-refractivity contribution is 0.0956. The first-order valence-corrected chi connectivity index (χ1v) is 7.03. The molecule has 0 bridgehead atoms. The van der Waals surface area contributed by atoms with Crippen LogP contribution >= 0.6 is 0 Å². The number of nitrogens with two attached hydrogens (primary N) is 1. The van der Waals surface area contributed by atoms with Crippen molar-refractivity contribution in [3.8, 4) is 0 Å². The van der Waals surface area contributed by atoms with Crippen LogP contribution in [-0.4, -0.2) is 30.2 Å². The van der Waals surface area contributed by atoms with Crippen molar-refractivity contribution < 1.29 is 9.90 Å². The molecule has 0 heterocycles. The smallest absolute Gasteiger partial charge is 0.253 e.